The maximum atomic E-state index is 13.0. The molecule has 0 bridgehead atoms. The SMILES string of the molecule is Fc1ccc(CN2CCCC2C2=Nc3ccccc3C2)cc1. The lowest BCUT2D eigenvalue weighted by atomic mass is 10.0. The molecule has 2 aliphatic heterocycles. The molecule has 1 unspecified atom stereocenters. The van der Waals surface area contributed by atoms with Crippen LogP contribution < -0.4 is 0 Å². The van der Waals surface area contributed by atoms with Crippen molar-refractivity contribution < 1.29 is 4.39 Å². The van der Waals surface area contributed by atoms with Crippen LogP contribution in [0.1, 0.15) is 24.0 Å². The molecule has 22 heavy (non-hydrogen) atoms. The van der Waals surface area contributed by atoms with Gasteiger partial charge in [-0.05, 0) is 48.7 Å². The van der Waals surface area contributed by atoms with Crippen molar-refractivity contribution in [1.29, 1.82) is 0 Å². The zero-order chi connectivity index (χ0) is 14.9. The molecule has 0 saturated carbocycles. The molecule has 1 saturated heterocycles. The van der Waals surface area contributed by atoms with Crippen LogP contribution in [0.3, 0.4) is 0 Å². The molecule has 2 aliphatic rings. The van der Waals surface area contributed by atoms with Gasteiger partial charge in [0.2, 0.25) is 0 Å². The highest BCUT2D eigenvalue weighted by molar-refractivity contribution is 5.97. The minimum atomic E-state index is -0.169. The minimum Gasteiger partial charge on any atom is -0.291 e. The third-order valence-electron chi connectivity index (χ3n) is 4.67. The van der Waals surface area contributed by atoms with Crippen molar-refractivity contribution in [2.75, 3.05) is 6.54 Å². The Kier molecular flexibility index (Phi) is 3.51. The van der Waals surface area contributed by atoms with E-state index in [4.69, 9.17) is 4.99 Å². The standard InChI is InChI=1S/C19H19FN2/c20-16-9-7-14(8-10-16)13-22-11-3-6-19(22)18-12-15-4-1-2-5-17(15)21-18/h1-2,4-5,7-10,19H,3,6,11-13H2. The largest absolute Gasteiger partial charge is 0.291 e. The van der Waals surface area contributed by atoms with Crippen molar-refractivity contribution in [1.82, 2.24) is 4.90 Å². The minimum absolute atomic E-state index is 0.169. The smallest absolute Gasteiger partial charge is 0.123 e. The van der Waals surface area contributed by atoms with Crippen molar-refractivity contribution in [3.63, 3.8) is 0 Å². The molecule has 0 N–H and O–H groups in total. The molecule has 1 atom stereocenters. The van der Waals surface area contributed by atoms with Gasteiger partial charge in [0.25, 0.3) is 0 Å². The lowest BCUT2D eigenvalue weighted by Crippen LogP contribution is -2.35. The van der Waals surface area contributed by atoms with Gasteiger partial charge in [-0.1, -0.05) is 30.3 Å². The molecule has 2 aromatic rings. The molecule has 4 rings (SSSR count). The van der Waals surface area contributed by atoms with Gasteiger partial charge in [-0.2, -0.15) is 0 Å². The van der Waals surface area contributed by atoms with E-state index < -0.39 is 0 Å². The quantitative estimate of drug-likeness (QED) is 0.831. The Morgan fingerprint density at radius 2 is 1.91 bits per heavy atom. The highest BCUT2D eigenvalue weighted by Crippen LogP contribution is 2.31. The van der Waals surface area contributed by atoms with Gasteiger partial charge in [0.05, 0.1) is 5.69 Å². The molecule has 112 valence electrons. The number of fused-ring (bicyclic) bond motifs is 1. The van der Waals surface area contributed by atoms with E-state index in [0.29, 0.717) is 6.04 Å². The molecule has 0 aliphatic carbocycles. The van der Waals surface area contributed by atoms with E-state index in [1.165, 1.54) is 29.7 Å². The number of hydrogen-bond acceptors (Lipinski definition) is 2. The van der Waals surface area contributed by atoms with E-state index in [1.54, 1.807) is 12.1 Å². The average molecular weight is 294 g/mol. The summed E-state index contributed by atoms with van der Waals surface area (Å²) in [6, 6.07) is 15.7. The first-order chi connectivity index (χ1) is 10.8. The predicted octanol–water partition coefficient (Wildman–Crippen LogP) is 4.12. The van der Waals surface area contributed by atoms with E-state index in [-0.39, 0.29) is 5.82 Å². The molecule has 2 nitrogen and oxygen atoms in total. The van der Waals surface area contributed by atoms with E-state index in [0.717, 1.165) is 25.2 Å². The van der Waals surface area contributed by atoms with Crippen LogP contribution >= 0.6 is 0 Å². The van der Waals surface area contributed by atoms with E-state index in [1.807, 2.05) is 12.1 Å². The van der Waals surface area contributed by atoms with Crippen LogP contribution in [0.5, 0.6) is 0 Å². The summed E-state index contributed by atoms with van der Waals surface area (Å²) in [5.74, 6) is -0.169. The molecule has 2 heterocycles. The van der Waals surface area contributed by atoms with E-state index in [9.17, 15) is 4.39 Å². The fourth-order valence-corrected chi connectivity index (χ4v) is 3.57. The number of rotatable bonds is 3. The molecule has 0 aromatic heterocycles. The van der Waals surface area contributed by atoms with Crippen LogP contribution in [0, 0.1) is 5.82 Å². The van der Waals surface area contributed by atoms with Crippen molar-refractivity contribution in [3.8, 4) is 0 Å². The number of para-hydroxylation sites is 1. The van der Waals surface area contributed by atoms with Crippen molar-refractivity contribution in [2.24, 2.45) is 4.99 Å². The lowest BCUT2D eigenvalue weighted by Gasteiger charge is -2.24. The van der Waals surface area contributed by atoms with Gasteiger partial charge < -0.3 is 0 Å². The van der Waals surface area contributed by atoms with Gasteiger partial charge >= 0.3 is 0 Å². The third kappa shape index (κ3) is 2.57. The van der Waals surface area contributed by atoms with Crippen molar-refractivity contribution >= 4 is 11.4 Å². The van der Waals surface area contributed by atoms with E-state index >= 15 is 0 Å². The predicted molar refractivity (Wildman–Crippen MR) is 87.1 cm³/mol. The van der Waals surface area contributed by atoms with Gasteiger partial charge in [-0.15, -0.1) is 0 Å². The third-order valence-corrected chi connectivity index (χ3v) is 4.67. The highest BCUT2D eigenvalue weighted by atomic mass is 19.1. The van der Waals surface area contributed by atoms with E-state index in [2.05, 4.69) is 29.2 Å². The van der Waals surface area contributed by atoms with Crippen LogP contribution in [-0.2, 0) is 13.0 Å². The lowest BCUT2D eigenvalue weighted by molar-refractivity contribution is 0.293. The summed E-state index contributed by atoms with van der Waals surface area (Å²) in [7, 11) is 0. The zero-order valence-electron chi connectivity index (χ0n) is 12.5. The normalized spacial score (nSPS) is 21.0. The number of benzene rings is 2. The molecule has 1 fully saturated rings. The topological polar surface area (TPSA) is 15.6 Å². The fourth-order valence-electron chi connectivity index (χ4n) is 3.57. The molecule has 0 spiro atoms. The Morgan fingerprint density at radius 3 is 2.73 bits per heavy atom. The van der Waals surface area contributed by atoms with Crippen LogP contribution in [0.15, 0.2) is 53.5 Å². The molecule has 3 heteroatoms. The number of hydrogen-bond donors (Lipinski definition) is 0. The van der Waals surface area contributed by atoms with Gasteiger partial charge in [-0.25, -0.2) is 4.39 Å². The first-order valence-corrected chi connectivity index (χ1v) is 7.93. The second-order valence-corrected chi connectivity index (χ2v) is 6.16. The molecule has 0 radical (unpaired) electrons. The molecule has 2 aromatic carbocycles. The maximum absolute atomic E-state index is 13.0. The van der Waals surface area contributed by atoms with Crippen LogP contribution in [-0.4, -0.2) is 23.2 Å². The fraction of sp³-hybridized carbons (Fsp3) is 0.316. The summed E-state index contributed by atoms with van der Waals surface area (Å²) < 4.78 is 13.0. The summed E-state index contributed by atoms with van der Waals surface area (Å²) in [4.78, 5) is 7.34. The second kappa shape index (κ2) is 5.65. The van der Waals surface area contributed by atoms with Crippen molar-refractivity contribution in [2.45, 2.75) is 31.8 Å². The van der Waals surface area contributed by atoms with Gasteiger partial charge in [0.15, 0.2) is 0 Å². The monoisotopic (exact) mass is 294 g/mol. The summed E-state index contributed by atoms with van der Waals surface area (Å²) in [6.07, 6.45) is 3.36. The first kappa shape index (κ1) is 13.6. The van der Waals surface area contributed by atoms with Gasteiger partial charge in [0, 0.05) is 24.7 Å². The number of halogens is 1. The van der Waals surface area contributed by atoms with Crippen LogP contribution in [0.2, 0.25) is 0 Å². The Morgan fingerprint density at radius 1 is 1.09 bits per heavy atom. The Hall–Kier alpha value is -2.00. The number of likely N-dealkylation sites (tertiary alicyclic amines) is 1. The van der Waals surface area contributed by atoms with Crippen LogP contribution in [0.4, 0.5) is 10.1 Å². The summed E-state index contributed by atoms with van der Waals surface area (Å²) in [6.45, 7) is 1.97. The molecular formula is C19H19FN2. The zero-order valence-corrected chi connectivity index (χ0v) is 12.5. The number of nitrogens with zero attached hydrogens (tertiary/aromatic N) is 2. The second-order valence-electron chi connectivity index (χ2n) is 6.16. The number of aliphatic imine (C=N–C) groups is 1. The van der Waals surface area contributed by atoms with Gasteiger partial charge in [0.1, 0.15) is 5.82 Å². The van der Waals surface area contributed by atoms with Crippen molar-refractivity contribution in [3.05, 3.63) is 65.5 Å². The summed E-state index contributed by atoms with van der Waals surface area (Å²) >= 11 is 0. The summed E-state index contributed by atoms with van der Waals surface area (Å²) in [5.41, 5.74) is 4.93. The van der Waals surface area contributed by atoms with Gasteiger partial charge in [-0.3, -0.25) is 9.89 Å². The maximum Gasteiger partial charge on any atom is 0.123 e. The first-order valence-electron chi connectivity index (χ1n) is 7.93. The Bertz CT molecular complexity index is 706. The summed E-state index contributed by atoms with van der Waals surface area (Å²) in [5, 5.41) is 0. The Balaban J connectivity index is 1.51. The Labute approximate surface area is 130 Å². The average Bonchev–Trinajstić information content (AvgIpc) is 3.15. The highest BCUT2D eigenvalue weighted by Gasteiger charge is 2.31. The van der Waals surface area contributed by atoms with Crippen LogP contribution in [0.25, 0.3) is 0 Å². The molecular weight excluding hydrogens is 275 g/mol. The molecule has 0 amide bonds.